The van der Waals surface area contributed by atoms with E-state index in [1.165, 1.54) is 34.8 Å². The third-order valence-electron chi connectivity index (χ3n) is 3.70. The Balaban J connectivity index is 1.80. The van der Waals surface area contributed by atoms with Gasteiger partial charge in [-0.25, -0.2) is 14.4 Å². The Morgan fingerprint density at radius 3 is 2.59 bits per heavy atom. The predicted octanol–water partition coefficient (Wildman–Crippen LogP) is 3.46. The Bertz CT molecular complexity index is 924. The van der Waals surface area contributed by atoms with Crippen molar-refractivity contribution in [3.05, 3.63) is 47.4 Å². The van der Waals surface area contributed by atoms with Gasteiger partial charge in [-0.15, -0.1) is 22.7 Å². The Morgan fingerprint density at radius 2 is 1.93 bits per heavy atom. The van der Waals surface area contributed by atoms with Crippen LogP contribution < -0.4 is 11.1 Å². The van der Waals surface area contributed by atoms with Crippen LogP contribution in [0.4, 0.5) is 4.39 Å². The van der Waals surface area contributed by atoms with E-state index in [4.69, 9.17) is 5.73 Å². The number of nitrogens with zero attached hydrogens (tertiary/aromatic N) is 2. The summed E-state index contributed by atoms with van der Waals surface area (Å²) in [5, 5.41) is 6.02. The highest BCUT2D eigenvalue weighted by atomic mass is 32.1. The van der Waals surface area contributed by atoms with Crippen LogP contribution in [-0.2, 0) is 4.79 Å². The number of hydrogen-bond acceptors (Lipinski definition) is 6. The SMILES string of the molecule is NC(=O)CCCCNC(=O)c1nc(-c2nccs2)sc1-c1ccc(F)cc1. The first-order valence-corrected chi connectivity index (χ1v) is 9.97. The first-order chi connectivity index (χ1) is 13.0. The first kappa shape index (κ1) is 19.1. The summed E-state index contributed by atoms with van der Waals surface area (Å²) in [6.07, 6.45) is 3.23. The van der Waals surface area contributed by atoms with Gasteiger partial charge in [-0.1, -0.05) is 12.1 Å². The van der Waals surface area contributed by atoms with Gasteiger partial charge in [0.15, 0.2) is 10.0 Å². The minimum atomic E-state index is -0.354. The lowest BCUT2D eigenvalue weighted by Gasteiger charge is -2.05. The van der Waals surface area contributed by atoms with E-state index in [1.807, 2.05) is 5.38 Å². The highest BCUT2D eigenvalue weighted by Gasteiger charge is 2.21. The van der Waals surface area contributed by atoms with Gasteiger partial charge < -0.3 is 11.1 Å². The number of primary amides is 1. The Labute approximate surface area is 163 Å². The molecule has 0 atom stereocenters. The van der Waals surface area contributed by atoms with Crippen molar-refractivity contribution in [2.45, 2.75) is 19.3 Å². The summed E-state index contributed by atoms with van der Waals surface area (Å²) < 4.78 is 13.3. The lowest BCUT2D eigenvalue weighted by atomic mass is 10.1. The van der Waals surface area contributed by atoms with Crippen LogP contribution in [0.3, 0.4) is 0 Å². The molecule has 27 heavy (non-hydrogen) atoms. The molecule has 0 spiro atoms. The number of aromatic nitrogens is 2. The van der Waals surface area contributed by atoms with Gasteiger partial charge in [0.25, 0.3) is 5.91 Å². The van der Waals surface area contributed by atoms with E-state index in [-0.39, 0.29) is 23.3 Å². The van der Waals surface area contributed by atoms with Crippen molar-refractivity contribution in [3.8, 4) is 20.5 Å². The van der Waals surface area contributed by atoms with Crippen LogP contribution in [0.5, 0.6) is 0 Å². The standard InChI is InChI=1S/C18H17FN4O2S2/c19-12-6-4-11(5-7-12)15-14(16(25)21-8-2-1-3-13(20)24)23-18(27-15)17-22-9-10-26-17/h4-7,9-10H,1-3,8H2,(H2,20,24)(H,21,25). The molecule has 0 aliphatic rings. The molecule has 0 saturated carbocycles. The highest BCUT2D eigenvalue weighted by Crippen LogP contribution is 2.36. The largest absolute Gasteiger partial charge is 0.370 e. The summed E-state index contributed by atoms with van der Waals surface area (Å²) in [7, 11) is 0. The van der Waals surface area contributed by atoms with Crippen molar-refractivity contribution in [1.29, 1.82) is 0 Å². The molecule has 2 heterocycles. The lowest BCUT2D eigenvalue weighted by Crippen LogP contribution is -2.25. The Kier molecular flexibility index (Phi) is 6.25. The van der Waals surface area contributed by atoms with E-state index in [1.54, 1.807) is 18.3 Å². The second-order valence-corrected chi connectivity index (χ2v) is 7.61. The van der Waals surface area contributed by atoms with Gasteiger partial charge in [0.2, 0.25) is 5.91 Å². The summed E-state index contributed by atoms with van der Waals surface area (Å²) in [5.74, 6) is -1.01. The van der Waals surface area contributed by atoms with Gasteiger partial charge in [0, 0.05) is 24.5 Å². The maximum absolute atomic E-state index is 13.3. The number of halogens is 1. The number of hydrogen-bond donors (Lipinski definition) is 2. The van der Waals surface area contributed by atoms with Crippen molar-refractivity contribution >= 4 is 34.5 Å². The summed E-state index contributed by atoms with van der Waals surface area (Å²) in [6, 6.07) is 5.95. The molecule has 0 radical (unpaired) electrons. The number of nitrogens with one attached hydrogen (secondary N) is 1. The van der Waals surface area contributed by atoms with Crippen molar-refractivity contribution in [3.63, 3.8) is 0 Å². The summed E-state index contributed by atoms with van der Waals surface area (Å²) in [4.78, 5) is 32.8. The third-order valence-corrected chi connectivity index (χ3v) is 5.72. The molecule has 0 saturated heterocycles. The van der Waals surface area contributed by atoms with Crippen molar-refractivity contribution in [2.75, 3.05) is 6.54 Å². The minimum absolute atomic E-state index is 0.284. The molecular formula is C18H17FN4O2S2. The molecule has 2 aromatic heterocycles. The van der Waals surface area contributed by atoms with E-state index < -0.39 is 0 Å². The maximum Gasteiger partial charge on any atom is 0.271 e. The predicted molar refractivity (Wildman–Crippen MR) is 104 cm³/mol. The molecule has 0 aliphatic heterocycles. The Hall–Kier alpha value is -2.65. The summed E-state index contributed by atoms with van der Waals surface area (Å²) >= 11 is 2.78. The van der Waals surface area contributed by atoms with Gasteiger partial charge in [-0.2, -0.15) is 0 Å². The number of amides is 2. The minimum Gasteiger partial charge on any atom is -0.370 e. The van der Waals surface area contributed by atoms with Crippen LogP contribution in [0.25, 0.3) is 20.5 Å². The molecule has 3 aromatic rings. The zero-order chi connectivity index (χ0) is 19.2. The van der Waals surface area contributed by atoms with E-state index in [0.29, 0.717) is 35.7 Å². The number of unbranched alkanes of at least 4 members (excludes halogenated alkanes) is 1. The molecular weight excluding hydrogens is 387 g/mol. The molecule has 0 unspecified atom stereocenters. The van der Waals surface area contributed by atoms with Crippen LogP contribution in [0, 0.1) is 5.82 Å². The summed E-state index contributed by atoms with van der Waals surface area (Å²) in [6.45, 7) is 0.416. The molecule has 0 fully saturated rings. The Morgan fingerprint density at radius 1 is 1.15 bits per heavy atom. The second kappa shape index (κ2) is 8.83. The van der Waals surface area contributed by atoms with Gasteiger partial charge in [-0.3, -0.25) is 9.59 Å². The highest BCUT2D eigenvalue weighted by molar-refractivity contribution is 7.22. The molecule has 0 bridgehead atoms. The van der Waals surface area contributed by atoms with Crippen LogP contribution in [-0.4, -0.2) is 28.3 Å². The number of nitrogens with two attached hydrogens (primary N) is 1. The smallest absolute Gasteiger partial charge is 0.271 e. The average molecular weight is 404 g/mol. The van der Waals surface area contributed by atoms with E-state index in [2.05, 4.69) is 15.3 Å². The average Bonchev–Trinajstić information content (AvgIpc) is 3.31. The van der Waals surface area contributed by atoms with Crippen molar-refractivity contribution in [2.24, 2.45) is 5.73 Å². The lowest BCUT2D eigenvalue weighted by molar-refractivity contribution is -0.118. The molecule has 6 nitrogen and oxygen atoms in total. The number of rotatable bonds is 8. The normalized spacial score (nSPS) is 10.7. The topological polar surface area (TPSA) is 98.0 Å². The molecule has 140 valence electrons. The quantitative estimate of drug-likeness (QED) is 0.562. The van der Waals surface area contributed by atoms with Gasteiger partial charge in [-0.05, 0) is 30.5 Å². The second-order valence-electron chi connectivity index (χ2n) is 5.72. The van der Waals surface area contributed by atoms with Crippen LogP contribution >= 0.6 is 22.7 Å². The molecule has 9 heteroatoms. The van der Waals surface area contributed by atoms with E-state index in [9.17, 15) is 14.0 Å². The number of benzene rings is 1. The molecule has 3 rings (SSSR count). The number of carbonyl (C=O) groups excluding carboxylic acids is 2. The number of thiazole rings is 2. The molecule has 3 N–H and O–H groups in total. The monoisotopic (exact) mass is 404 g/mol. The fourth-order valence-electron chi connectivity index (χ4n) is 2.40. The van der Waals surface area contributed by atoms with Gasteiger partial charge in [0.05, 0.1) is 4.88 Å². The van der Waals surface area contributed by atoms with Crippen LogP contribution in [0.1, 0.15) is 29.8 Å². The maximum atomic E-state index is 13.3. The molecule has 2 amide bonds. The van der Waals surface area contributed by atoms with Gasteiger partial charge >= 0.3 is 0 Å². The zero-order valence-corrected chi connectivity index (χ0v) is 15.9. The van der Waals surface area contributed by atoms with Gasteiger partial charge in [0.1, 0.15) is 11.5 Å². The van der Waals surface area contributed by atoms with Crippen LogP contribution in [0.2, 0.25) is 0 Å². The van der Waals surface area contributed by atoms with Crippen molar-refractivity contribution in [1.82, 2.24) is 15.3 Å². The zero-order valence-electron chi connectivity index (χ0n) is 14.3. The molecule has 0 aliphatic carbocycles. The van der Waals surface area contributed by atoms with E-state index >= 15 is 0 Å². The summed E-state index contributed by atoms with van der Waals surface area (Å²) in [5.41, 5.74) is 6.11. The fraction of sp³-hybridized carbons (Fsp3) is 0.222. The first-order valence-electron chi connectivity index (χ1n) is 8.27. The fourth-order valence-corrected chi connectivity index (χ4v) is 4.15. The third kappa shape index (κ3) is 4.95. The van der Waals surface area contributed by atoms with Crippen molar-refractivity contribution < 1.29 is 14.0 Å². The van der Waals surface area contributed by atoms with E-state index in [0.717, 1.165) is 10.6 Å². The van der Waals surface area contributed by atoms with Crippen LogP contribution in [0.15, 0.2) is 35.8 Å². The number of carbonyl (C=O) groups is 2. The molecule has 1 aromatic carbocycles.